The van der Waals surface area contributed by atoms with E-state index in [0.29, 0.717) is 18.2 Å². The lowest BCUT2D eigenvalue weighted by atomic mass is 10.2. The molecule has 0 radical (unpaired) electrons. The minimum Gasteiger partial charge on any atom is -0.423 e. The van der Waals surface area contributed by atoms with Gasteiger partial charge < -0.3 is 9.32 Å². The molecule has 1 saturated heterocycles. The van der Waals surface area contributed by atoms with Crippen LogP contribution in [-0.2, 0) is 22.7 Å². The van der Waals surface area contributed by atoms with Gasteiger partial charge in [-0.05, 0) is 42.5 Å². The highest BCUT2D eigenvalue weighted by molar-refractivity contribution is 7.91. The molecular formula is C24H28N2O3S. The molecule has 1 aliphatic heterocycles. The lowest BCUT2D eigenvalue weighted by Crippen LogP contribution is -2.25. The van der Waals surface area contributed by atoms with Gasteiger partial charge in [-0.1, -0.05) is 62.2 Å². The molecule has 0 N–H and O–H groups in total. The van der Waals surface area contributed by atoms with Crippen LogP contribution in [0.15, 0.2) is 68.9 Å². The topological polar surface area (TPSA) is 63.4 Å². The van der Waals surface area contributed by atoms with Gasteiger partial charge in [-0.2, -0.15) is 4.98 Å². The predicted octanol–water partition coefficient (Wildman–Crippen LogP) is 5.04. The molecule has 1 aliphatic rings. The molecule has 4 rings (SSSR count). The van der Waals surface area contributed by atoms with E-state index in [1.54, 1.807) is 12.1 Å². The van der Waals surface area contributed by atoms with E-state index in [2.05, 4.69) is 16.8 Å². The van der Waals surface area contributed by atoms with Crippen molar-refractivity contribution in [3.63, 3.8) is 0 Å². The van der Waals surface area contributed by atoms with Crippen LogP contribution in [0.2, 0.25) is 0 Å². The molecule has 5 nitrogen and oxygen atoms in total. The molecule has 0 bridgehead atoms. The Bertz CT molecular complexity index is 1070. The molecule has 2 heterocycles. The first kappa shape index (κ1) is 20.7. The van der Waals surface area contributed by atoms with Gasteiger partial charge in [-0.25, -0.2) is 8.42 Å². The third kappa shape index (κ3) is 4.43. The molecule has 0 aliphatic carbocycles. The number of hydrogen-bond acceptors (Lipinski definition) is 5. The Kier molecular flexibility index (Phi) is 6.23. The van der Waals surface area contributed by atoms with Crippen molar-refractivity contribution in [2.45, 2.75) is 55.4 Å². The normalized spacial score (nSPS) is 15.2. The van der Waals surface area contributed by atoms with E-state index >= 15 is 0 Å². The Labute approximate surface area is 178 Å². The zero-order valence-corrected chi connectivity index (χ0v) is 18.2. The Hall–Kier alpha value is -2.60. The van der Waals surface area contributed by atoms with Crippen molar-refractivity contribution < 1.29 is 12.8 Å². The van der Waals surface area contributed by atoms with E-state index in [1.165, 1.54) is 0 Å². The standard InChI is InChI=1S/C24H28N2O3S/c1-2-19-12-14-21(15-13-19)30(27,28)23-24(26-16-8-3-4-9-17-26)29-22(25-23)18-20-10-6-5-7-11-20/h5-7,10-15H,2-4,8-9,16-18H2,1H3. The third-order valence-corrected chi connectivity index (χ3v) is 7.28. The predicted molar refractivity (Wildman–Crippen MR) is 118 cm³/mol. The highest BCUT2D eigenvalue weighted by Gasteiger charge is 2.31. The van der Waals surface area contributed by atoms with Gasteiger partial charge in [-0.15, -0.1) is 0 Å². The Morgan fingerprint density at radius 1 is 0.900 bits per heavy atom. The second-order valence-corrected chi connectivity index (χ2v) is 9.65. The minimum absolute atomic E-state index is 0.0413. The fraction of sp³-hybridized carbons (Fsp3) is 0.375. The van der Waals surface area contributed by atoms with Crippen molar-refractivity contribution in [3.8, 4) is 0 Å². The number of sulfone groups is 1. The molecule has 6 heteroatoms. The Morgan fingerprint density at radius 3 is 2.20 bits per heavy atom. The van der Waals surface area contributed by atoms with Crippen LogP contribution in [0.3, 0.4) is 0 Å². The Morgan fingerprint density at radius 2 is 1.57 bits per heavy atom. The van der Waals surface area contributed by atoms with Crippen LogP contribution in [-0.4, -0.2) is 26.5 Å². The van der Waals surface area contributed by atoms with Crippen molar-refractivity contribution in [1.29, 1.82) is 0 Å². The molecule has 0 unspecified atom stereocenters. The molecule has 2 aromatic carbocycles. The first-order valence-corrected chi connectivity index (χ1v) is 12.2. The molecule has 0 spiro atoms. The fourth-order valence-corrected chi connectivity index (χ4v) is 5.19. The van der Waals surface area contributed by atoms with Crippen LogP contribution >= 0.6 is 0 Å². The zero-order valence-electron chi connectivity index (χ0n) is 17.4. The van der Waals surface area contributed by atoms with Crippen LogP contribution in [0, 0.1) is 0 Å². The van der Waals surface area contributed by atoms with Gasteiger partial charge in [0.1, 0.15) is 0 Å². The maximum Gasteiger partial charge on any atom is 0.236 e. The summed E-state index contributed by atoms with van der Waals surface area (Å²) in [6.07, 6.45) is 5.69. The quantitative estimate of drug-likeness (QED) is 0.555. The molecular weight excluding hydrogens is 396 g/mol. The summed E-state index contributed by atoms with van der Waals surface area (Å²) in [5.74, 6) is 0.826. The lowest BCUT2D eigenvalue weighted by molar-refractivity contribution is 0.493. The van der Waals surface area contributed by atoms with Gasteiger partial charge in [0.15, 0.2) is 0 Å². The summed E-state index contributed by atoms with van der Waals surface area (Å²) in [4.78, 5) is 6.82. The minimum atomic E-state index is -3.77. The van der Waals surface area contributed by atoms with Crippen LogP contribution in [0.1, 0.15) is 49.6 Å². The maximum atomic E-state index is 13.5. The number of benzene rings is 2. The molecule has 158 valence electrons. The Balaban J connectivity index is 1.75. The van der Waals surface area contributed by atoms with Gasteiger partial charge in [-0.3, -0.25) is 0 Å². The summed E-state index contributed by atoms with van der Waals surface area (Å²) in [5.41, 5.74) is 2.14. The molecule has 0 atom stereocenters. The number of anilines is 1. The van der Waals surface area contributed by atoms with E-state index in [4.69, 9.17) is 4.42 Å². The summed E-state index contributed by atoms with van der Waals surface area (Å²) in [5, 5.41) is 0.0413. The smallest absolute Gasteiger partial charge is 0.236 e. The lowest BCUT2D eigenvalue weighted by Gasteiger charge is -2.20. The first-order chi connectivity index (χ1) is 14.6. The fourth-order valence-electron chi connectivity index (χ4n) is 3.85. The van der Waals surface area contributed by atoms with Crippen molar-refractivity contribution in [3.05, 3.63) is 71.6 Å². The summed E-state index contributed by atoms with van der Waals surface area (Å²) in [6, 6.07) is 16.9. The third-order valence-electron chi connectivity index (χ3n) is 5.61. The summed E-state index contributed by atoms with van der Waals surface area (Å²) in [6.45, 7) is 3.63. The van der Waals surface area contributed by atoms with Crippen LogP contribution < -0.4 is 4.90 Å². The molecule has 0 saturated carbocycles. The average molecular weight is 425 g/mol. The van der Waals surface area contributed by atoms with Gasteiger partial charge >= 0.3 is 0 Å². The summed E-state index contributed by atoms with van der Waals surface area (Å²) >= 11 is 0. The summed E-state index contributed by atoms with van der Waals surface area (Å²) < 4.78 is 33.1. The SMILES string of the molecule is CCc1ccc(S(=O)(=O)c2nc(Cc3ccccc3)oc2N2CCCCCC2)cc1. The first-order valence-electron chi connectivity index (χ1n) is 10.7. The number of aromatic nitrogens is 1. The number of aryl methyl sites for hydroxylation is 1. The van der Waals surface area contributed by atoms with Crippen LogP contribution in [0.25, 0.3) is 0 Å². The molecule has 0 amide bonds. The maximum absolute atomic E-state index is 13.5. The number of hydrogen-bond donors (Lipinski definition) is 0. The van der Waals surface area contributed by atoms with Crippen LogP contribution in [0.4, 0.5) is 5.88 Å². The van der Waals surface area contributed by atoms with Crippen LogP contribution in [0.5, 0.6) is 0 Å². The van der Waals surface area contributed by atoms with Crippen molar-refractivity contribution >= 4 is 15.7 Å². The zero-order chi connectivity index (χ0) is 21.0. The molecule has 30 heavy (non-hydrogen) atoms. The van der Waals surface area contributed by atoms with Crippen molar-refractivity contribution in [2.24, 2.45) is 0 Å². The highest BCUT2D eigenvalue weighted by atomic mass is 32.2. The second-order valence-electron chi connectivity index (χ2n) is 7.78. The van der Waals surface area contributed by atoms with E-state index in [1.807, 2.05) is 42.5 Å². The van der Waals surface area contributed by atoms with Crippen molar-refractivity contribution in [2.75, 3.05) is 18.0 Å². The average Bonchev–Trinajstić information content (AvgIpc) is 3.01. The molecule has 3 aromatic rings. The van der Waals surface area contributed by atoms with E-state index < -0.39 is 9.84 Å². The molecule has 1 fully saturated rings. The number of rotatable bonds is 6. The number of nitrogens with zero attached hydrogens (tertiary/aromatic N) is 2. The highest BCUT2D eigenvalue weighted by Crippen LogP contribution is 2.33. The number of oxazole rings is 1. The van der Waals surface area contributed by atoms with E-state index in [0.717, 1.165) is 56.3 Å². The van der Waals surface area contributed by atoms with E-state index in [-0.39, 0.29) is 9.92 Å². The van der Waals surface area contributed by atoms with E-state index in [9.17, 15) is 8.42 Å². The summed E-state index contributed by atoms with van der Waals surface area (Å²) in [7, 11) is -3.77. The second kappa shape index (κ2) is 9.04. The van der Waals surface area contributed by atoms with Gasteiger partial charge in [0.2, 0.25) is 26.6 Å². The van der Waals surface area contributed by atoms with Crippen molar-refractivity contribution in [1.82, 2.24) is 4.98 Å². The molecule has 1 aromatic heterocycles. The van der Waals surface area contributed by atoms with Gasteiger partial charge in [0, 0.05) is 19.5 Å². The van der Waals surface area contributed by atoms with Gasteiger partial charge in [0.05, 0.1) is 4.90 Å². The monoisotopic (exact) mass is 424 g/mol. The van der Waals surface area contributed by atoms with Gasteiger partial charge in [0.25, 0.3) is 0 Å². The largest absolute Gasteiger partial charge is 0.423 e.